The van der Waals surface area contributed by atoms with Crippen LogP contribution in [0.15, 0.2) is 24.3 Å². The van der Waals surface area contributed by atoms with Crippen LogP contribution in [0.4, 0.5) is 0 Å². The summed E-state index contributed by atoms with van der Waals surface area (Å²) in [6.45, 7) is 7.06. The molecule has 42 heavy (non-hydrogen) atoms. The second-order valence-corrected chi connectivity index (χ2v) is 14.3. The van der Waals surface area contributed by atoms with E-state index in [2.05, 4.69) is 26.2 Å². The fraction of sp³-hybridized carbons (Fsp3) is 0.765. The number of hydrogen-bond donors (Lipinski definition) is 3. The number of benzene rings is 1. The van der Waals surface area contributed by atoms with Gasteiger partial charge in [0.25, 0.3) is 0 Å². The van der Waals surface area contributed by atoms with Crippen LogP contribution in [0.1, 0.15) is 107 Å². The van der Waals surface area contributed by atoms with Crippen molar-refractivity contribution in [1.82, 2.24) is 5.43 Å². The van der Waals surface area contributed by atoms with E-state index in [1.165, 1.54) is 12.8 Å². The molecule has 1 aromatic carbocycles. The van der Waals surface area contributed by atoms with Gasteiger partial charge in [0.2, 0.25) is 5.91 Å². The van der Waals surface area contributed by atoms with Crippen LogP contribution in [-0.4, -0.2) is 43.4 Å². The molecule has 4 fully saturated rings. The second-order valence-electron chi connectivity index (χ2n) is 14.3. The molecule has 8 heteroatoms. The maximum atomic E-state index is 13.0. The summed E-state index contributed by atoms with van der Waals surface area (Å²) in [4.78, 5) is 24.8. The fourth-order valence-corrected chi connectivity index (χ4v) is 10.2. The second kappa shape index (κ2) is 12.5. The molecule has 0 unspecified atom stereocenters. The summed E-state index contributed by atoms with van der Waals surface area (Å²) in [6.07, 6.45) is 8.71. The van der Waals surface area contributed by atoms with Crippen molar-refractivity contribution in [3.8, 4) is 0 Å². The zero-order valence-electron chi connectivity index (χ0n) is 26.1. The third kappa shape index (κ3) is 5.53. The van der Waals surface area contributed by atoms with Crippen molar-refractivity contribution in [1.29, 1.82) is 0 Å². The summed E-state index contributed by atoms with van der Waals surface area (Å²) in [5, 5.41) is 11.8. The van der Waals surface area contributed by atoms with Crippen molar-refractivity contribution in [2.24, 2.45) is 52.2 Å². The Morgan fingerprint density at radius 1 is 1.02 bits per heavy atom. The third-order valence-corrected chi connectivity index (χ3v) is 12.6. The Labute approximate surface area is 251 Å². The highest BCUT2D eigenvalue weighted by atomic mass is 16.7. The first-order valence-corrected chi connectivity index (χ1v) is 16.1. The molecule has 0 heterocycles. The topological polar surface area (TPSA) is 120 Å². The first-order valence-electron chi connectivity index (χ1n) is 16.1. The lowest BCUT2D eigenvalue weighted by molar-refractivity contribution is -0.175. The van der Waals surface area contributed by atoms with Crippen molar-refractivity contribution in [2.75, 3.05) is 14.2 Å². The molecule has 4 aliphatic carbocycles. The molecular weight excluding hydrogens is 532 g/mol. The monoisotopic (exact) mass is 584 g/mol. The molecule has 0 aromatic heterocycles. The molecule has 0 bridgehead atoms. The highest BCUT2D eigenvalue weighted by molar-refractivity contribution is 5.89. The molecule has 4 saturated carbocycles. The standard InChI is InChI=1S/C34H52N2O6/c1-20(6-15-30(38)36-35)26-13-14-27-25-12-11-23-18-24(16-17-33(23,2)28(25)19-29(37)34(26,27)3)42-31(39)21-7-9-22(10-8-21)32(40-4)41-5/h7-10,20,23-29,32,37H,6,11-19,35H2,1-5H3,(H,36,38)/t20-,23-,24-,25+,26-,27+,28+,29+,33+,34-/m1/s1. The Balaban J connectivity index is 1.22. The van der Waals surface area contributed by atoms with Crippen molar-refractivity contribution in [3.05, 3.63) is 35.4 Å². The quantitative estimate of drug-likeness (QED) is 0.115. The number of esters is 1. The van der Waals surface area contributed by atoms with Gasteiger partial charge in [0, 0.05) is 26.2 Å². The van der Waals surface area contributed by atoms with Crippen LogP contribution in [0.5, 0.6) is 0 Å². The van der Waals surface area contributed by atoms with E-state index in [0.29, 0.717) is 47.5 Å². The lowest BCUT2D eigenvalue weighted by Crippen LogP contribution is -2.59. The number of carbonyl (C=O) groups excluding carboxylic acids is 2. The van der Waals surface area contributed by atoms with Crippen LogP contribution in [0.2, 0.25) is 0 Å². The molecule has 0 radical (unpaired) electrons. The molecule has 0 saturated heterocycles. The number of rotatable bonds is 9. The highest BCUT2D eigenvalue weighted by Crippen LogP contribution is 2.68. The van der Waals surface area contributed by atoms with Crippen LogP contribution < -0.4 is 11.3 Å². The first kappa shape index (κ1) is 31.4. The minimum Gasteiger partial charge on any atom is -0.459 e. The third-order valence-electron chi connectivity index (χ3n) is 12.6. The average molecular weight is 585 g/mol. The van der Waals surface area contributed by atoms with Crippen molar-refractivity contribution >= 4 is 11.9 Å². The zero-order valence-corrected chi connectivity index (χ0v) is 26.1. The molecular formula is C34H52N2O6. The number of aliphatic hydroxyl groups is 1. The molecule has 8 nitrogen and oxygen atoms in total. The maximum absolute atomic E-state index is 13.0. The number of nitrogens with two attached hydrogens (primary N) is 1. The number of hydrogen-bond acceptors (Lipinski definition) is 7. The minimum atomic E-state index is -0.458. The van der Waals surface area contributed by atoms with Crippen molar-refractivity contribution in [3.63, 3.8) is 0 Å². The lowest BCUT2D eigenvalue weighted by atomic mass is 9.43. The number of aliphatic hydroxyl groups excluding tert-OH is 1. The van der Waals surface area contributed by atoms with Gasteiger partial charge < -0.3 is 19.3 Å². The molecule has 0 aliphatic heterocycles. The predicted molar refractivity (Wildman–Crippen MR) is 160 cm³/mol. The van der Waals surface area contributed by atoms with Crippen LogP contribution >= 0.6 is 0 Å². The predicted octanol–water partition coefficient (Wildman–Crippen LogP) is 5.54. The van der Waals surface area contributed by atoms with Gasteiger partial charge in [-0.3, -0.25) is 10.2 Å². The Bertz CT molecular complexity index is 1110. The molecule has 10 atom stereocenters. The van der Waals surface area contributed by atoms with Gasteiger partial charge in [-0.25, -0.2) is 10.6 Å². The van der Waals surface area contributed by atoms with Gasteiger partial charge in [0.05, 0.1) is 11.7 Å². The first-order chi connectivity index (χ1) is 20.1. The Morgan fingerprint density at radius 3 is 2.40 bits per heavy atom. The summed E-state index contributed by atoms with van der Waals surface area (Å²) >= 11 is 0. The molecule has 1 amide bonds. The number of amides is 1. The smallest absolute Gasteiger partial charge is 0.338 e. The zero-order chi connectivity index (χ0) is 30.2. The highest BCUT2D eigenvalue weighted by Gasteiger charge is 2.63. The van der Waals surface area contributed by atoms with Gasteiger partial charge in [-0.1, -0.05) is 32.9 Å². The Morgan fingerprint density at radius 2 is 1.74 bits per heavy atom. The summed E-state index contributed by atoms with van der Waals surface area (Å²) in [5.74, 6) is 7.88. The van der Waals surface area contributed by atoms with E-state index in [1.54, 1.807) is 26.4 Å². The van der Waals surface area contributed by atoms with E-state index in [9.17, 15) is 14.7 Å². The van der Waals surface area contributed by atoms with E-state index in [0.717, 1.165) is 50.5 Å². The normalized spacial score (nSPS) is 38.2. The summed E-state index contributed by atoms with van der Waals surface area (Å²) in [6, 6.07) is 7.26. The van der Waals surface area contributed by atoms with Crippen molar-refractivity contribution < 1.29 is 28.9 Å². The Hall–Kier alpha value is -2.00. The van der Waals surface area contributed by atoms with Gasteiger partial charge in [0.1, 0.15) is 6.10 Å². The van der Waals surface area contributed by atoms with E-state index in [1.807, 2.05) is 12.1 Å². The molecule has 0 spiro atoms. The largest absolute Gasteiger partial charge is 0.459 e. The minimum absolute atomic E-state index is 0.0706. The molecule has 4 aliphatic rings. The molecule has 4 N–H and O–H groups in total. The number of methoxy groups -OCH3 is 2. The Kier molecular flexibility index (Phi) is 9.39. The van der Waals surface area contributed by atoms with Gasteiger partial charge >= 0.3 is 5.97 Å². The SMILES string of the molecule is COC(OC)c1ccc(C(=O)O[C@@H]2CC[C@@]3(C)[C@H](CC[C@@H]4[C@@H]3C[C@H](O)[C@]3(C)[C@@H]([C@H](C)CCC(=O)NN)CC[C@@H]43)C2)cc1. The summed E-state index contributed by atoms with van der Waals surface area (Å²) < 4.78 is 16.7. The van der Waals surface area contributed by atoms with E-state index < -0.39 is 6.29 Å². The van der Waals surface area contributed by atoms with Crippen LogP contribution in [0.25, 0.3) is 0 Å². The van der Waals surface area contributed by atoms with Gasteiger partial charge in [-0.15, -0.1) is 0 Å². The number of ether oxygens (including phenoxy) is 3. The van der Waals surface area contributed by atoms with Crippen LogP contribution in [-0.2, 0) is 19.0 Å². The number of hydrazine groups is 1. The number of nitrogens with one attached hydrogen (secondary N) is 1. The van der Waals surface area contributed by atoms with Crippen LogP contribution in [0.3, 0.4) is 0 Å². The summed E-state index contributed by atoms with van der Waals surface area (Å²) in [7, 11) is 3.18. The molecule has 5 rings (SSSR count). The van der Waals surface area contributed by atoms with Gasteiger partial charge in [-0.05, 0) is 116 Å². The molecule has 1 aromatic rings. The van der Waals surface area contributed by atoms with E-state index in [4.69, 9.17) is 20.1 Å². The average Bonchev–Trinajstić information content (AvgIpc) is 3.36. The maximum Gasteiger partial charge on any atom is 0.338 e. The number of fused-ring (bicyclic) bond motifs is 5. The van der Waals surface area contributed by atoms with E-state index >= 15 is 0 Å². The van der Waals surface area contributed by atoms with Gasteiger partial charge in [0.15, 0.2) is 6.29 Å². The van der Waals surface area contributed by atoms with Crippen molar-refractivity contribution in [2.45, 2.75) is 103 Å². The van der Waals surface area contributed by atoms with Crippen LogP contribution in [0, 0.1) is 46.3 Å². The lowest BCUT2D eigenvalue weighted by Gasteiger charge is -2.62. The summed E-state index contributed by atoms with van der Waals surface area (Å²) in [5.41, 5.74) is 3.72. The van der Waals surface area contributed by atoms with Gasteiger partial charge in [-0.2, -0.15) is 0 Å². The van der Waals surface area contributed by atoms with E-state index in [-0.39, 0.29) is 34.9 Å². The number of carbonyl (C=O) groups is 2. The molecule has 234 valence electrons. The fourth-order valence-electron chi connectivity index (χ4n) is 10.2.